The summed E-state index contributed by atoms with van der Waals surface area (Å²) in [6, 6.07) is 7.12. The van der Waals surface area contributed by atoms with Crippen molar-refractivity contribution in [1.82, 2.24) is 14.7 Å². The molecule has 0 saturated heterocycles. The van der Waals surface area contributed by atoms with Gasteiger partial charge in [-0.05, 0) is 44.5 Å². The van der Waals surface area contributed by atoms with Gasteiger partial charge in [-0.25, -0.2) is 14.7 Å². The summed E-state index contributed by atoms with van der Waals surface area (Å²) in [5.74, 6) is -0.458. The lowest BCUT2D eigenvalue weighted by atomic mass is 10.1. The molecular formula is C17H22ClN5O3S. The number of amides is 1. The number of aromatic nitrogens is 2. The number of sulfonamides is 1. The molecular weight excluding hydrogens is 390 g/mol. The molecule has 0 spiro atoms. The molecule has 0 aromatic carbocycles. The summed E-state index contributed by atoms with van der Waals surface area (Å²) in [6.07, 6.45) is 0.814. The second kappa shape index (κ2) is 8.53. The highest BCUT2D eigenvalue weighted by atomic mass is 35.5. The van der Waals surface area contributed by atoms with Gasteiger partial charge in [-0.3, -0.25) is 4.79 Å². The maximum absolute atomic E-state index is 12.7. The molecule has 1 atom stereocenters. The molecule has 0 aliphatic carbocycles. The maximum atomic E-state index is 12.7. The third-order valence-corrected chi connectivity index (χ3v) is 5.51. The third kappa shape index (κ3) is 4.86. The number of carbonyl (C=O) groups is 1. The van der Waals surface area contributed by atoms with Crippen LogP contribution in [-0.4, -0.2) is 36.9 Å². The number of rotatable bonds is 7. The van der Waals surface area contributed by atoms with Gasteiger partial charge in [-0.2, -0.15) is 8.42 Å². The van der Waals surface area contributed by atoms with Crippen molar-refractivity contribution < 1.29 is 13.2 Å². The fourth-order valence-corrected chi connectivity index (χ4v) is 3.61. The lowest BCUT2D eigenvalue weighted by molar-refractivity contribution is 0.0981. The summed E-state index contributed by atoms with van der Waals surface area (Å²) >= 11 is 6.01. The van der Waals surface area contributed by atoms with Gasteiger partial charge in [-0.15, -0.1) is 0 Å². The Kier molecular flexibility index (Phi) is 6.61. The van der Waals surface area contributed by atoms with Crippen LogP contribution in [0.5, 0.6) is 0 Å². The minimum absolute atomic E-state index is 0.0353. The Morgan fingerprint density at radius 1 is 1.26 bits per heavy atom. The Hall–Kier alpha value is -2.39. The first kappa shape index (κ1) is 20.9. The van der Waals surface area contributed by atoms with E-state index in [0.717, 1.165) is 6.42 Å². The lowest BCUT2D eigenvalue weighted by Gasteiger charge is -2.29. The van der Waals surface area contributed by atoms with Crippen LogP contribution in [0.4, 0.5) is 11.6 Å². The van der Waals surface area contributed by atoms with E-state index in [4.69, 9.17) is 17.3 Å². The summed E-state index contributed by atoms with van der Waals surface area (Å²) in [6.45, 7) is 6.49. The Morgan fingerprint density at radius 2 is 1.96 bits per heavy atom. The van der Waals surface area contributed by atoms with Crippen LogP contribution in [0, 0.1) is 0 Å². The molecule has 1 unspecified atom stereocenters. The minimum Gasteiger partial charge on any atom is -0.384 e. The van der Waals surface area contributed by atoms with E-state index in [1.165, 1.54) is 30.3 Å². The van der Waals surface area contributed by atoms with Gasteiger partial charge in [0.15, 0.2) is 5.03 Å². The number of halogens is 1. The van der Waals surface area contributed by atoms with E-state index >= 15 is 0 Å². The second-order valence-corrected chi connectivity index (χ2v) is 7.90. The van der Waals surface area contributed by atoms with E-state index in [-0.39, 0.29) is 27.6 Å². The maximum Gasteiger partial charge on any atom is 0.281 e. The van der Waals surface area contributed by atoms with Gasteiger partial charge in [0, 0.05) is 12.6 Å². The zero-order valence-corrected chi connectivity index (χ0v) is 16.9. The number of anilines is 2. The van der Waals surface area contributed by atoms with E-state index in [1.807, 2.05) is 30.4 Å². The molecule has 0 saturated carbocycles. The standard InChI is InChI=1S/C17H22ClN5O3S/c1-4-11(3)23(5-2)16-12(9-10-13(18)20-16)17(24)22-27(25,26)15-8-6-7-14(19)21-15/h6-11H,4-5H2,1-3H3,(H2,19,21)(H,22,24). The van der Waals surface area contributed by atoms with Crippen molar-refractivity contribution in [2.75, 3.05) is 17.2 Å². The van der Waals surface area contributed by atoms with Crippen LogP contribution in [0.3, 0.4) is 0 Å². The number of hydrogen-bond donors (Lipinski definition) is 2. The highest BCUT2D eigenvalue weighted by Crippen LogP contribution is 2.24. The molecule has 2 rings (SSSR count). The van der Waals surface area contributed by atoms with E-state index in [1.54, 1.807) is 0 Å². The number of carbonyl (C=O) groups excluding carboxylic acids is 1. The summed E-state index contributed by atoms with van der Waals surface area (Å²) in [7, 11) is -4.19. The quantitative estimate of drug-likeness (QED) is 0.671. The normalized spacial score (nSPS) is 12.4. The van der Waals surface area contributed by atoms with Crippen LogP contribution >= 0.6 is 11.6 Å². The van der Waals surface area contributed by atoms with Crippen molar-refractivity contribution in [2.45, 2.75) is 38.3 Å². The second-order valence-electron chi connectivity index (χ2n) is 5.88. The van der Waals surface area contributed by atoms with E-state index in [0.29, 0.717) is 12.4 Å². The van der Waals surface area contributed by atoms with Crippen molar-refractivity contribution in [3.05, 3.63) is 41.0 Å². The van der Waals surface area contributed by atoms with Crippen LogP contribution in [0.15, 0.2) is 35.4 Å². The Labute approximate surface area is 163 Å². The summed E-state index contributed by atoms with van der Waals surface area (Å²) in [5, 5.41) is -0.128. The van der Waals surface area contributed by atoms with Crippen LogP contribution in [0.2, 0.25) is 5.15 Å². The topological polar surface area (TPSA) is 118 Å². The van der Waals surface area contributed by atoms with Crippen molar-refractivity contribution >= 4 is 39.2 Å². The number of nitrogen functional groups attached to an aromatic ring is 1. The van der Waals surface area contributed by atoms with Gasteiger partial charge < -0.3 is 10.6 Å². The lowest BCUT2D eigenvalue weighted by Crippen LogP contribution is -2.37. The molecule has 3 N–H and O–H groups in total. The largest absolute Gasteiger partial charge is 0.384 e. The summed E-state index contributed by atoms with van der Waals surface area (Å²) in [5.41, 5.74) is 5.63. The predicted molar refractivity (Wildman–Crippen MR) is 105 cm³/mol. The predicted octanol–water partition coefficient (Wildman–Crippen LogP) is 2.46. The molecule has 2 aromatic rings. The van der Waals surface area contributed by atoms with Gasteiger partial charge in [0.1, 0.15) is 16.8 Å². The zero-order valence-electron chi connectivity index (χ0n) is 15.3. The van der Waals surface area contributed by atoms with E-state index in [2.05, 4.69) is 9.97 Å². The van der Waals surface area contributed by atoms with Gasteiger partial charge in [0.25, 0.3) is 15.9 Å². The van der Waals surface area contributed by atoms with Crippen molar-refractivity contribution in [3.63, 3.8) is 0 Å². The van der Waals surface area contributed by atoms with Crippen LogP contribution < -0.4 is 15.4 Å². The number of pyridine rings is 2. The SMILES string of the molecule is CCC(C)N(CC)c1nc(Cl)ccc1C(=O)NS(=O)(=O)c1cccc(N)n1. The van der Waals surface area contributed by atoms with E-state index < -0.39 is 15.9 Å². The highest BCUT2D eigenvalue weighted by Gasteiger charge is 2.25. The Morgan fingerprint density at radius 3 is 2.56 bits per heavy atom. The smallest absolute Gasteiger partial charge is 0.281 e. The average molecular weight is 412 g/mol. The van der Waals surface area contributed by atoms with Crippen LogP contribution in [0.1, 0.15) is 37.6 Å². The number of hydrogen-bond acceptors (Lipinski definition) is 7. The molecule has 0 bridgehead atoms. The summed E-state index contributed by atoms with van der Waals surface area (Å²) in [4.78, 5) is 22.6. The molecule has 0 fully saturated rings. The number of nitrogens with two attached hydrogens (primary N) is 1. The van der Waals surface area contributed by atoms with Gasteiger partial charge >= 0.3 is 0 Å². The molecule has 8 nitrogen and oxygen atoms in total. The zero-order chi connectivity index (χ0) is 20.2. The summed E-state index contributed by atoms with van der Waals surface area (Å²) < 4.78 is 26.9. The molecule has 1 amide bonds. The van der Waals surface area contributed by atoms with Crippen molar-refractivity contribution in [1.29, 1.82) is 0 Å². The highest BCUT2D eigenvalue weighted by molar-refractivity contribution is 7.90. The Bertz CT molecular complexity index is 936. The fourth-order valence-electron chi connectivity index (χ4n) is 2.52. The first-order valence-electron chi connectivity index (χ1n) is 8.42. The molecule has 0 aliphatic rings. The number of nitrogens with zero attached hydrogens (tertiary/aromatic N) is 3. The molecule has 0 aliphatic heterocycles. The van der Waals surface area contributed by atoms with Crippen molar-refractivity contribution in [3.8, 4) is 0 Å². The van der Waals surface area contributed by atoms with Crippen LogP contribution in [0.25, 0.3) is 0 Å². The monoisotopic (exact) mass is 411 g/mol. The van der Waals surface area contributed by atoms with Crippen LogP contribution in [-0.2, 0) is 10.0 Å². The van der Waals surface area contributed by atoms with Gasteiger partial charge in [0.2, 0.25) is 0 Å². The van der Waals surface area contributed by atoms with E-state index in [9.17, 15) is 13.2 Å². The third-order valence-electron chi connectivity index (χ3n) is 4.07. The average Bonchev–Trinajstić information content (AvgIpc) is 2.61. The molecule has 146 valence electrons. The van der Waals surface area contributed by atoms with Crippen molar-refractivity contribution in [2.24, 2.45) is 0 Å². The molecule has 10 heteroatoms. The molecule has 27 heavy (non-hydrogen) atoms. The minimum atomic E-state index is -4.19. The van der Waals surface area contributed by atoms with Gasteiger partial charge in [0.05, 0.1) is 5.56 Å². The molecule has 2 heterocycles. The number of nitrogens with one attached hydrogen (secondary N) is 1. The Balaban J connectivity index is 2.42. The molecule has 2 aromatic heterocycles. The molecule has 0 radical (unpaired) electrons. The van der Waals surface area contributed by atoms with Gasteiger partial charge in [-0.1, -0.05) is 24.6 Å². The fraction of sp³-hybridized carbons (Fsp3) is 0.353. The first-order valence-corrected chi connectivity index (χ1v) is 10.3. The first-order chi connectivity index (χ1) is 12.7.